The first-order valence-corrected chi connectivity index (χ1v) is 9.45. The fourth-order valence-corrected chi connectivity index (χ4v) is 3.84. The van der Waals surface area contributed by atoms with Crippen LogP contribution >= 0.6 is 0 Å². The summed E-state index contributed by atoms with van der Waals surface area (Å²) in [5.74, 6) is 0.418. The van der Waals surface area contributed by atoms with Crippen molar-refractivity contribution >= 4 is 26.6 Å². The normalized spacial score (nSPS) is 11.6. The van der Waals surface area contributed by atoms with Crippen molar-refractivity contribution < 1.29 is 13.2 Å². The SMILES string of the molecule is COc1ccn(-c2ccc3cnn(C)c3c2NS(=O)(=O)c2cccnc2)n1. The van der Waals surface area contributed by atoms with Gasteiger partial charge in [0.1, 0.15) is 10.6 Å². The predicted octanol–water partition coefficient (Wildman–Crippen LogP) is 1.96. The quantitative estimate of drug-likeness (QED) is 0.564. The van der Waals surface area contributed by atoms with Gasteiger partial charge >= 0.3 is 0 Å². The van der Waals surface area contributed by atoms with Gasteiger partial charge in [-0.15, -0.1) is 5.10 Å². The minimum Gasteiger partial charge on any atom is -0.480 e. The molecule has 0 aliphatic heterocycles. The van der Waals surface area contributed by atoms with Crippen LogP contribution in [0.2, 0.25) is 0 Å². The molecule has 27 heavy (non-hydrogen) atoms. The van der Waals surface area contributed by atoms with Crippen molar-refractivity contribution in [3.8, 4) is 11.6 Å². The molecule has 0 atom stereocenters. The number of fused-ring (bicyclic) bond motifs is 1. The highest BCUT2D eigenvalue weighted by atomic mass is 32.2. The third-order valence-corrected chi connectivity index (χ3v) is 5.42. The number of rotatable bonds is 5. The van der Waals surface area contributed by atoms with Gasteiger partial charge < -0.3 is 4.74 Å². The van der Waals surface area contributed by atoms with Gasteiger partial charge in [0, 0.05) is 37.1 Å². The Kier molecular flexibility index (Phi) is 4.04. The number of nitrogens with one attached hydrogen (secondary N) is 1. The molecule has 0 aliphatic rings. The lowest BCUT2D eigenvalue weighted by Gasteiger charge is -2.14. The van der Waals surface area contributed by atoms with Crippen LogP contribution in [0.1, 0.15) is 0 Å². The lowest BCUT2D eigenvalue weighted by atomic mass is 10.2. The highest BCUT2D eigenvalue weighted by molar-refractivity contribution is 7.92. The van der Waals surface area contributed by atoms with Crippen LogP contribution < -0.4 is 9.46 Å². The van der Waals surface area contributed by atoms with Crippen molar-refractivity contribution in [2.75, 3.05) is 11.8 Å². The van der Waals surface area contributed by atoms with E-state index in [4.69, 9.17) is 4.74 Å². The van der Waals surface area contributed by atoms with E-state index in [0.717, 1.165) is 5.39 Å². The van der Waals surface area contributed by atoms with E-state index in [1.807, 2.05) is 6.07 Å². The molecular formula is C17H16N6O3S. The average Bonchev–Trinajstić information content (AvgIpc) is 3.29. The molecule has 0 saturated carbocycles. The summed E-state index contributed by atoms with van der Waals surface area (Å²) >= 11 is 0. The first kappa shape index (κ1) is 17.0. The van der Waals surface area contributed by atoms with E-state index in [2.05, 4.69) is 19.9 Å². The maximum absolute atomic E-state index is 12.9. The zero-order valence-corrected chi connectivity index (χ0v) is 15.4. The molecule has 4 aromatic rings. The Balaban J connectivity index is 1.92. The monoisotopic (exact) mass is 384 g/mol. The van der Waals surface area contributed by atoms with Gasteiger partial charge in [-0.3, -0.25) is 14.4 Å². The summed E-state index contributed by atoms with van der Waals surface area (Å²) < 4.78 is 36.7. The minimum atomic E-state index is -3.85. The van der Waals surface area contributed by atoms with E-state index in [0.29, 0.717) is 22.8 Å². The molecule has 0 fully saturated rings. The van der Waals surface area contributed by atoms with Gasteiger partial charge in [-0.1, -0.05) is 0 Å². The zero-order chi connectivity index (χ0) is 19.0. The zero-order valence-electron chi connectivity index (χ0n) is 14.6. The van der Waals surface area contributed by atoms with Crippen molar-refractivity contribution in [1.82, 2.24) is 24.5 Å². The second-order valence-corrected chi connectivity index (χ2v) is 7.44. The molecule has 4 rings (SSSR count). The molecule has 10 heteroatoms. The van der Waals surface area contributed by atoms with Crippen LogP contribution in [0.5, 0.6) is 5.88 Å². The Hall–Kier alpha value is -3.40. The molecule has 0 aliphatic carbocycles. The summed E-state index contributed by atoms with van der Waals surface area (Å²) in [6, 6.07) is 8.37. The number of aryl methyl sites for hydroxylation is 1. The molecule has 0 radical (unpaired) electrons. The van der Waals surface area contributed by atoms with Crippen LogP contribution in [0.3, 0.4) is 0 Å². The Morgan fingerprint density at radius 1 is 1.15 bits per heavy atom. The second-order valence-electron chi connectivity index (χ2n) is 5.76. The van der Waals surface area contributed by atoms with Gasteiger partial charge in [0.25, 0.3) is 10.0 Å². The van der Waals surface area contributed by atoms with E-state index >= 15 is 0 Å². The largest absolute Gasteiger partial charge is 0.480 e. The van der Waals surface area contributed by atoms with Crippen LogP contribution in [0.4, 0.5) is 5.69 Å². The van der Waals surface area contributed by atoms with E-state index < -0.39 is 10.0 Å². The Morgan fingerprint density at radius 3 is 2.70 bits per heavy atom. The summed E-state index contributed by atoms with van der Waals surface area (Å²) in [7, 11) is -0.590. The van der Waals surface area contributed by atoms with E-state index in [1.54, 1.807) is 47.0 Å². The maximum Gasteiger partial charge on any atom is 0.263 e. The van der Waals surface area contributed by atoms with Crippen molar-refractivity contribution in [1.29, 1.82) is 0 Å². The smallest absolute Gasteiger partial charge is 0.263 e. The van der Waals surface area contributed by atoms with Crippen molar-refractivity contribution in [3.05, 3.63) is 55.1 Å². The molecule has 3 aromatic heterocycles. The first-order chi connectivity index (χ1) is 13.0. The molecule has 0 amide bonds. The topological polar surface area (TPSA) is 104 Å². The first-order valence-electron chi connectivity index (χ1n) is 7.97. The summed E-state index contributed by atoms with van der Waals surface area (Å²) in [6.45, 7) is 0. The number of anilines is 1. The molecule has 1 N–H and O–H groups in total. The van der Waals surface area contributed by atoms with E-state index in [1.165, 1.54) is 25.6 Å². The Labute approximate surface area is 155 Å². The molecule has 0 saturated heterocycles. The standard InChI is InChI=1S/C17H16N6O3S/c1-22-17-12(10-19-22)5-6-14(23-9-7-15(20-23)26-2)16(17)21-27(24,25)13-4-3-8-18-11-13/h3-11,21H,1-2H3. The van der Waals surface area contributed by atoms with E-state index in [9.17, 15) is 8.42 Å². The lowest BCUT2D eigenvalue weighted by Crippen LogP contribution is -2.16. The van der Waals surface area contributed by atoms with Crippen LogP contribution in [-0.4, -0.2) is 40.1 Å². The van der Waals surface area contributed by atoms with Crippen LogP contribution in [0.15, 0.2) is 60.0 Å². The van der Waals surface area contributed by atoms with Crippen molar-refractivity contribution in [2.24, 2.45) is 7.05 Å². The second kappa shape index (κ2) is 6.40. The van der Waals surface area contributed by atoms with Gasteiger partial charge in [0.2, 0.25) is 5.88 Å². The summed E-state index contributed by atoms with van der Waals surface area (Å²) in [5, 5.41) is 9.33. The highest BCUT2D eigenvalue weighted by Crippen LogP contribution is 2.32. The number of benzene rings is 1. The summed E-state index contributed by atoms with van der Waals surface area (Å²) in [6.07, 6.45) is 6.17. The number of hydrogen-bond acceptors (Lipinski definition) is 6. The minimum absolute atomic E-state index is 0.0631. The van der Waals surface area contributed by atoms with Crippen LogP contribution in [0, 0.1) is 0 Å². The number of sulfonamides is 1. The summed E-state index contributed by atoms with van der Waals surface area (Å²) in [4.78, 5) is 3.95. The number of pyridine rings is 1. The molecule has 1 aromatic carbocycles. The molecule has 3 heterocycles. The number of nitrogens with zero attached hydrogens (tertiary/aromatic N) is 5. The van der Waals surface area contributed by atoms with Gasteiger partial charge in [0.15, 0.2) is 0 Å². The van der Waals surface area contributed by atoms with Crippen molar-refractivity contribution in [2.45, 2.75) is 4.90 Å². The Bertz CT molecular complexity index is 1210. The summed E-state index contributed by atoms with van der Waals surface area (Å²) in [5.41, 5.74) is 1.54. The third kappa shape index (κ3) is 2.99. The van der Waals surface area contributed by atoms with Crippen LogP contribution in [-0.2, 0) is 17.1 Å². The number of aromatic nitrogens is 5. The maximum atomic E-state index is 12.9. The Morgan fingerprint density at radius 2 is 2.00 bits per heavy atom. The van der Waals surface area contributed by atoms with Crippen LogP contribution in [0.25, 0.3) is 16.6 Å². The average molecular weight is 384 g/mol. The molecule has 9 nitrogen and oxygen atoms in total. The fourth-order valence-electron chi connectivity index (χ4n) is 2.80. The van der Waals surface area contributed by atoms with Crippen molar-refractivity contribution in [3.63, 3.8) is 0 Å². The number of methoxy groups -OCH3 is 1. The van der Waals surface area contributed by atoms with E-state index in [-0.39, 0.29) is 4.90 Å². The molecule has 0 unspecified atom stereocenters. The molecule has 0 spiro atoms. The number of hydrogen-bond donors (Lipinski definition) is 1. The molecule has 138 valence electrons. The van der Waals surface area contributed by atoms with Gasteiger partial charge in [0.05, 0.1) is 24.5 Å². The number of ether oxygens (including phenoxy) is 1. The lowest BCUT2D eigenvalue weighted by molar-refractivity contribution is 0.394. The molecular weight excluding hydrogens is 368 g/mol. The van der Waals surface area contributed by atoms with Gasteiger partial charge in [-0.05, 0) is 24.3 Å². The predicted molar refractivity (Wildman–Crippen MR) is 99.4 cm³/mol. The highest BCUT2D eigenvalue weighted by Gasteiger charge is 2.21. The molecule has 0 bridgehead atoms. The van der Waals surface area contributed by atoms with Gasteiger partial charge in [-0.25, -0.2) is 13.1 Å². The third-order valence-electron chi connectivity index (χ3n) is 4.08. The van der Waals surface area contributed by atoms with Gasteiger partial charge in [-0.2, -0.15) is 5.10 Å². The fraction of sp³-hybridized carbons (Fsp3) is 0.118.